The fraction of sp³-hybridized carbons (Fsp3) is 0.176. The minimum absolute atomic E-state index is 0.0371. The predicted octanol–water partition coefficient (Wildman–Crippen LogP) is 2.43. The van der Waals surface area contributed by atoms with Crippen molar-refractivity contribution in [3.8, 4) is 0 Å². The molecule has 0 aliphatic rings. The maximum absolute atomic E-state index is 13.0. The van der Waals surface area contributed by atoms with Crippen molar-refractivity contribution < 1.29 is 14.0 Å². The summed E-state index contributed by atoms with van der Waals surface area (Å²) in [4.78, 5) is 23.5. The number of amides is 2. The van der Waals surface area contributed by atoms with Crippen LogP contribution in [0, 0.1) is 12.7 Å². The summed E-state index contributed by atoms with van der Waals surface area (Å²) >= 11 is 0. The van der Waals surface area contributed by atoms with Gasteiger partial charge >= 0.3 is 0 Å². The first-order chi connectivity index (χ1) is 10.5. The Kier molecular flexibility index (Phi) is 5.25. The lowest BCUT2D eigenvalue weighted by atomic mass is 10.1. The first kappa shape index (κ1) is 15.7. The number of anilines is 1. The van der Waals surface area contributed by atoms with Gasteiger partial charge in [0.05, 0.1) is 13.0 Å². The van der Waals surface area contributed by atoms with Crippen molar-refractivity contribution in [2.75, 3.05) is 11.9 Å². The van der Waals surface area contributed by atoms with Crippen molar-refractivity contribution >= 4 is 17.5 Å². The zero-order valence-electron chi connectivity index (χ0n) is 12.2. The maximum atomic E-state index is 13.0. The van der Waals surface area contributed by atoms with E-state index < -0.39 is 0 Å². The molecule has 0 fully saturated rings. The van der Waals surface area contributed by atoms with E-state index in [0.29, 0.717) is 11.3 Å². The molecule has 5 heteroatoms. The molecule has 22 heavy (non-hydrogen) atoms. The van der Waals surface area contributed by atoms with Crippen molar-refractivity contribution in [2.45, 2.75) is 13.3 Å². The molecule has 0 unspecified atom stereocenters. The summed E-state index contributed by atoms with van der Waals surface area (Å²) in [6.07, 6.45) is 0.0371. The van der Waals surface area contributed by atoms with E-state index in [1.807, 2.05) is 25.1 Å². The third kappa shape index (κ3) is 4.70. The summed E-state index contributed by atoms with van der Waals surface area (Å²) in [6, 6.07) is 13.2. The molecule has 114 valence electrons. The van der Waals surface area contributed by atoms with Gasteiger partial charge in [-0.2, -0.15) is 0 Å². The normalized spacial score (nSPS) is 10.1. The Morgan fingerprint density at radius 3 is 2.55 bits per heavy atom. The minimum Gasteiger partial charge on any atom is -0.347 e. The van der Waals surface area contributed by atoms with Crippen LogP contribution < -0.4 is 10.6 Å². The first-order valence-corrected chi connectivity index (χ1v) is 6.91. The molecule has 2 aromatic carbocycles. The summed E-state index contributed by atoms with van der Waals surface area (Å²) in [7, 11) is 0. The highest BCUT2D eigenvalue weighted by Gasteiger charge is 2.08. The van der Waals surface area contributed by atoms with E-state index in [2.05, 4.69) is 10.6 Å². The molecular formula is C17H17FN2O2. The van der Waals surface area contributed by atoms with Crippen LogP contribution in [0.25, 0.3) is 0 Å². The standard InChI is InChI=1S/C17H17FN2O2/c1-12-5-2-3-8-15(12)20-17(22)11-19-16(21)10-13-6-4-7-14(18)9-13/h2-9H,10-11H2,1H3,(H,19,21)(H,20,22). The lowest BCUT2D eigenvalue weighted by Crippen LogP contribution is -2.33. The predicted molar refractivity (Wildman–Crippen MR) is 82.9 cm³/mol. The van der Waals surface area contributed by atoms with Crippen LogP contribution in [0.3, 0.4) is 0 Å². The Balaban J connectivity index is 1.81. The molecule has 4 nitrogen and oxygen atoms in total. The molecular weight excluding hydrogens is 283 g/mol. The maximum Gasteiger partial charge on any atom is 0.243 e. The van der Waals surface area contributed by atoms with Crippen LogP contribution in [-0.4, -0.2) is 18.4 Å². The Morgan fingerprint density at radius 2 is 1.82 bits per heavy atom. The zero-order chi connectivity index (χ0) is 15.9. The van der Waals surface area contributed by atoms with Crippen LogP contribution in [0.4, 0.5) is 10.1 Å². The molecule has 0 radical (unpaired) electrons. The molecule has 0 aromatic heterocycles. The molecule has 0 atom stereocenters. The average Bonchev–Trinajstić information content (AvgIpc) is 2.48. The second-order valence-corrected chi connectivity index (χ2v) is 4.95. The molecule has 0 spiro atoms. The largest absolute Gasteiger partial charge is 0.347 e. The molecule has 0 saturated heterocycles. The van der Waals surface area contributed by atoms with Crippen LogP contribution >= 0.6 is 0 Å². The number of halogens is 1. The monoisotopic (exact) mass is 300 g/mol. The summed E-state index contributed by atoms with van der Waals surface area (Å²) in [5.74, 6) is -1.02. The number of hydrogen-bond donors (Lipinski definition) is 2. The van der Waals surface area contributed by atoms with Gasteiger partial charge in [-0.05, 0) is 36.2 Å². The lowest BCUT2D eigenvalue weighted by Gasteiger charge is -2.09. The van der Waals surface area contributed by atoms with Crippen LogP contribution in [0.1, 0.15) is 11.1 Å². The lowest BCUT2D eigenvalue weighted by molar-refractivity contribution is -0.123. The van der Waals surface area contributed by atoms with E-state index in [1.54, 1.807) is 18.2 Å². The van der Waals surface area contributed by atoms with Gasteiger partial charge in [0.15, 0.2) is 0 Å². The summed E-state index contributed by atoms with van der Waals surface area (Å²) in [6.45, 7) is 1.76. The van der Waals surface area contributed by atoms with E-state index in [-0.39, 0.29) is 30.6 Å². The Hall–Kier alpha value is -2.69. The number of rotatable bonds is 5. The van der Waals surface area contributed by atoms with Crippen LogP contribution in [0.5, 0.6) is 0 Å². The molecule has 0 aliphatic heterocycles. The van der Waals surface area contributed by atoms with Gasteiger partial charge in [0.1, 0.15) is 5.82 Å². The molecule has 0 aliphatic carbocycles. The molecule has 2 N–H and O–H groups in total. The summed E-state index contributed by atoms with van der Waals surface area (Å²) in [5, 5.41) is 5.24. The molecule has 0 saturated carbocycles. The van der Waals surface area contributed by atoms with Gasteiger partial charge in [0.25, 0.3) is 0 Å². The zero-order valence-corrected chi connectivity index (χ0v) is 12.2. The highest BCUT2D eigenvalue weighted by Crippen LogP contribution is 2.12. The molecule has 2 rings (SSSR count). The van der Waals surface area contributed by atoms with E-state index >= 15 is 0 Å². The van der Waals surface area contributed by atoms with E-state index in [4.69, 9.17) is 0 Å². The van der Waals surface area contributed by atoms with Crippen LogP contribution in [-0.2, 0) is 16.0 Å². The highest BCUT2D eigenvalue weighted by molar-refractivity contribution is 5.95. The molecule has 0 heterocycles. The summed E-state index contributed by atoms with van der Waals surface area (Å²) < 4.78 is 13.0. The van der Waals surface area contributed by atoms with Gasteiger partial charge in [0, 0.05) is 5.69 Å². The smallest absolute Gasteiger partial charge is 0.243 e. The Bertz CT molecular complexity index is 686. The van der Waals surface area contributed by atoms with E-state index in [9.17, 15) is 14.0 Å². The number of nitrogens with one attached hydrogen (secondary N) is 2. The minimum atomic E-state index is -0.386. The van der Waals surface area contributed by atoms with Gasteiger partial charge in [-0.15, -0.1) is 0 Å². The number of aryl methyl sites for hydroxylation is 1. The number of para-hydroxylation sites is 1. The number of hydrogen-bond acceptors (Lipinski definition) is 2. The van der Waals surface area contributed by atoms with Gasteiger partial charge in [-0.25, -0.2) is 4.39 Å². The Labute approximate surface area is 128 Å². The Morgan fingerprint density at radius 1 is 1.05 bits per heavy atom. The number of carbonyl (C=O) groups excluding carboxylic acids is 2. The first-order valence-electron chi connectivity index (χ1n) is 6.91. The van der Waals surface area contributed by atoms with E-state index in [0.717, 1.165) is 5.56 Å². The third-order valence-electron chi connectivity index (χ3n) is 3.12. The number of benzene rings is 2. The average molecular weight is 300 g/mol. The second-order valence-electron chi connectivity index (χ2n) is 4.95. The topological polar surface area (TPSA) is 58.2 Å². The third-order valence-corrected chi connectivity index (χ3v) is 3.12. The van der Waals surface area contributed by atoms with Crippen molar-refractivity contribution in [3.05, 3.63) is 65.5 Å². The summed E-state index contributed by atoms with van der Waals surface area (Å²) in [5.41, 5.74) is 2.23. The SMILES string of the molecule is Cc1ccccc1NC(=O)CNC(=O)Cc1cccc(F)c1. The van der Waals surface area contributed by atoms with Crippen molar-refractivity contribution in [1.82, 2.24) is 5.32 Å². The van der Waals surface area contributed by atoms with Crippen molar-refractivity contribution in [2.24, 2.45) is 0 Å². The van der Waals surface area contributed by atoms with E-state index in [1.165, 1.54) is 12.1 Å². The second kappa shape index (κ2) is 7.36. The fourth-order valence-corrected chi connectivity index (χ4v) is 1.98. The highest BCUT2D eigenvalue weighted by atomic mass is 19.1. The molecule has 2 amide bonds. The quantitative estimate of drug-likeness (QED) is 0.891. The number of carbonyl (C=O) groups is 2. The van der Waals surface area contributed by atoms with Gasteiger partial charge in [-0.3, -0.25) is 9.59 Å². The van der Waals surface area contributed by atoms with Gasteiger partial charge in [-0.1, -0.05) is 30.3 Å². The van der Waals surface area contributed by atoms with Crippen LogP contribution in [0.2, 0.25) is 0 Å². The fourth-order valence-electron chi connectivity index (χ4n) is 1.98. The molecule has 2 aromatic rings. The van der Waals surface area contributed by atoms with Crippen LogP contribution in [0.15, 0.2) is 48.5 Å². The van der Waals surface area contributed by atoms with Crippen molar-refractivity contribution in [1.29, 1.82) is 0 Å². The van der Waals surface area contributed by atoms with Gasteiger partial charge < -0.3 is 10.6 Å². The van der Waals surface area contributed by atoms with Gasteiger partial charge in [0.2, 0.25) is 11.8 Å². The molecule has 0 bridgehead atoms. The van der Waals surface area contributed by atoms with Crippen molar-refractivity contribution in [3.63, 3.8) is 0 Å².